The second-order valence-corrected chi connectivity index (χ2v) is 3.82. The highest BCUT2D eigenvalue weighted by Crippen LogP contribution is 2.20. The highest BCUT2D eigenvalue weighted by atomic mass is 16.4. The van der Waals surface area contributed by atoms with Crippen LogP contribution in [0, 0.1) is 6.92 Å². The van der Waals surface area contributed by atoms with E-state index >= 15 is 0 Å². The standard InChI is InChI=1S/C10H17N3O2/c1-6(2)13-7(3)12-5-9(13)8(4-11)10(14)15/h5-6,8H,4,11H2,1-3H3,(H,14,15). The number of carboxylic acids is 1. The SMILES string of the molecule is Cc1ncc(C(CN)C(=O)O)n1C(C)C. The molecule has 0 radical (unpaired) electrons. The van der Waals surface area contributed by atoms with Gasteiger partial charge in [0.2, 0.25) is 0 Å². The van der Waals surface area contributed by atoms with Crippen LogP contribution in [-0.4, -0.2) is 27.2 Å². The molecule has 0 saturated carbocycles. The van der Waals surface area contributed by atoms with Gasteiger partial charge in [-0.1, -0.05) is 0 Å². The molecular weight excluding hydrogens is 194 g/mol. The zero-order valence-electron chi connectivity index (χ0n) is 9.27. The minimum Gasteiger partial charge on any atom is -0.481 e. The van der Waals surface area contributed by atoms with Crippen LogP contribution in [0.3, 0.4) is 0 Å². The Hall–Kier alpha value is -1.36. The summed E-state index contributed by atoms with van der Waals surface area (Å²) in [6.07, 6.45) is 1.60. The molecule has 5 heteroatoms. The molecule has 1 rings (SSSR count). The minimum absolute atomic E-state index is 0.0905. The second-order valence-electron chi connectivity index (χ2n) is 3.82. The van der Waals surface area contributed by atoms with Gasteiger partial charge in [-0.25, -0.2) is 4.98 Å². The van der Waals surface area contributed by atoms with Crippen molar-refractivity contribution < 1.29 is 9.90 Å². The Kier molecular flexibility index (Phi) is 3.47. The van der Waals surface area contributed by atoms with Crippen LogP contribution >= 0.6 is 0 Å². The lowest BCUT2D eigenvalue weighted by atomic mass is 10.1. The molecule has 1 aromatic heterocycles. The van der Waals surface area contributed by atoms with Crippen LogP contribution in [0.2, 0.25) is 0 Å². The van der Waals surface area contributed by atoms with E-state index in [1.807, 2.05) is 25.3 Å². The topological polar surface area (TPSA) is 81.1 Å². The van der Waals surface area contributed by atoms with Crippen LogP contribution in [0.1, 0.15) is 37.3 Å². The molecule has 1 unspecified atom stereocenters. The average molecular weight is 211 g/mol. The molecule has 0 spiro atoms. The molecule has 0 bridgehead atoms. The first-order valence-electron chi connectivity index (χ1n) is 4.95. The summed E-state index contributed by atoms with van der Waals surface area (Å²) in [5.74, 6) is -0.757. The molecule has 3 N–H and O–H groups in total. The zero-order valence-corrected chi connectivity index (χ0v) is 9.27. The fourth-order valence-corrected chi connectivity index (χ4v) is 1.75. The molecule has 0 aliphatic heterocycles. The van der Waals surface area contributed by atoms with E-state index in [-0.39, 0.29) is 12.6 Å². The largest absolute Gasteiger partial charge is 0.481 e. The van der Waals surface area contributed by atoms with Crippen molar-refractivity contribution in [2.24, 2.45) is 5.73 Å². The number of carbonyl (C=O) groups is 1. The summed E-state index contributed by atoms with van der Waals surface area (Å²) in [7, 11) is 0. The van der Waals surface area contributed by atoms with Crippen LogP contribution in [0.15, 0.2) is 6.20 Å². The van der Waals surface area contributed by atoms with E-state index in [0.29, 0.717) is 5.69 Å². The number of nitrogens with zero attached hydrogens (tertiary/aromatic N) is 2. The summed E-state index contributed by atoms with van der Waals surface area (Å²) in [5.41, 5.74) is 6.14. The molecule has 0 aliphatic carbocycles. The molecule has 5 nitrogen and oxygen atoms in total. The Labute approximate surface area is 88.9 Å². The van der Waals surface area contributed by atoms with E-state index in [9.17, 15) is 4.79 Å². The molecule has 1 heterocycles. The number of aryl methyl sites for hydroxylation is 1. The van der Waals surface area contributed by atoms with Gasteiger partial charge in [0.1, 0.15) is 11.7 Å². The number of hydrogen-bond donors (Lipinski definition) is 2. The summed E-state index contributed by atoms with van der Waals surface area (Å²) >= 11 is 0. The van der Waals surface area contributed by atoms with E-state index in [1.165, 1.54) is 0 Å². The van der Waals surface area contributed by atoms with Gasteiger partial charge < -0.3 is 15.4 Å². The van der Waals surface area contributed by atoms with Gasteiger partial charge >= 0.3 is 5.97 Å². The van der Waals surface area contributed by atoms with Gasteiger partial charge in [-0.2, -0.15) is 0 Å². The van der Waals surface area contributed by atoms with Crippen LogP contribution < -0.4 is 5.73 Å². The van der Waals surface area contributed by atoms with Crippen LogP contribution in [0.4, 0.5) is 0 Å². The van der Waals surface area contributed by atoms with Crippen molar-refractivity contribution >= 4 is 5.97 Å². The molecular formula is C10H17N3O2. The van der Waals surface area contributed by atoms with Gasteiger partial charge in [0.15, 0.2) is 0 Å². The third-order valence-electron chi connectivity index (χ3n) is 2.42. The van der Waals surface area contributed by atoms with E-state index < -0.39 is 11.9 Å². The maximum absolute atomic E-state index is 11.0. The molecule has 1 aromatic rings. The van der Waals surface area contributed by atoms with Crippen LogP contribution in [0.25, 0.3) is 0 Å². The van der Waals surface area contributed by atoms with Crippen molar-refractivity contribution in [1.82, 2.24) is 9.55 Å². The van der Waals surface area contributed by atoms with Gasteiger partial charge in [-0.05, 0) is 20.8 Å². The molecule has 84 valence electrons. The van der Waals surface area contributed by atoms with Gasteiger partial charge in [0.25, 0.3) is 0 Å². The number of rotatable bonds is 4. The van der Waals surface area contributed by atoms with Crippen molar-refractivity contribution in [3.63, 3.8) is 0 Å². The average Bonchev–Trinajstić information content (AvgIpc) is 2.48. The van der Waals surface area contributed by atoms with E-state index in [1.54, 1.807) is 6.20 Å². The van der Waals surface area contributed by atoms with Crippen LogP contribution in [0.5, 0.6) is 0 Å². The summed E-state index contributed by atoms with van der Waals surface area (Å²) in [6, 6.07) is 0.191. The third kappa shape index (κ3) is 2.18. The number of nitrogens with two attached hydrogens (primary N) is 1. The van der Waals surface area contributed by atoms with Crippen molar-refractivity contribution in [2.75, 3.05) is 6.54 Å². The van der Waals surface area contributed by atoms with Crippen molar-refractivity contribution in [3.05, 3.63) is 17.7 Å². The van der Waals surface area contributed by atoms with Gasteiger partial charge in [-0.3, -0.25) is 4.79 Å². The molecule has 0 saturated heterocycles. The number of hydrogen-bond acceptors (Lipinski definition) is 3. The Bertz CT molecular complexity index is 358. The first kappa shape index (κ1) is 11.7. The first-order chi connectivity index (χ1) is 6.99. The van der Waals surface area contributed by atoms with Gasteiger partial charge in [0.05, 0.1) is 5.69 Å². The molecule has 1 atom stereocenters. The Morgan fingerprint density at radius 3 is 2.67 bits per heavy atom. The summed E-state index contributed by atoms with van der Waals surface area (Å²) in [4.78, 5) is 15.1. The first-order valence-corrected chi connectivity index (χ1v) is 4.95. The fourth-order valence-electron chi connectivity index (χ4n) is 1.75. The lowest BCUT2D eigenvalue weighted by molar-refractivity contribution is -0.138. The van der Waals surface area contributed by atoms with E-state index in [2.05, 4.69) is 4.98 Å². The molecule has 15 heavy (non-hydrogen) atoms. The van der Waals surface area contributed by atoms with E-state index in [0.717, 1.165) is 5.82 Å². The maximum Gasteiger partial charge on any atom is 0.313 e. The minimum atomic E-state index is -0.903. The maximum atomic E-state index is 11.0. The predicted octanol–water partition coefficient (Wildman–Crippen LogP) is 0.899. The van der Waals surface area contributed by atoms with Crippen molar-refractivity contribution in [2.45, 2.75) is 32.7 Å². The zero-order chi connectivity index (χ0) is 11.6. The molecule has 0 fully saturated rings. The molecule has 0 aliphatic rings. The lowest BCUT2D eigenvalue weighted by Crippen LogP contribution is -2.24. The van der Waals surface area contributed by atoms with Gasteiger partial charge in [0, 0.05) is 18.8 Å². The number of aromatic nitrogens is 2. The highest BCUT2D eigenvalue weighted by Gasteiger charge is 2.23. The van der Waals surface area contributed by atoms with E-state index in [4.69, 9.17) is 10.8 Å². The number of aliphatic carboxylic acids is 1. The van der Waals surface area contributed by atoms with Gasteiger partial charge in [-0.15, -0.1) is 0 Å². The molecule has 0 amide bonds. The molecule has 0 aromatic carbocycles. The summed E-state index contributed by atoms with van der Waals surface area (Å²) < 4.78 is 1.91. The quantitative estimate of drug-likeness (QED) is 0.775. The Morgan fingerprint density at radius 1 is 1.67 bits per heavy atom. The third-order valence-corrected chi connectivity index (χ3v) is 2.42. The van der Waals surface area contributed by atoms with Crippen molar-refractivity contribution in [3.8, 4) is 0 Å². The number of carboxylic acid groups (broad SMARTS) is 1. The summed E-state index contributed by atoms with van der Waals surface area (Å²) in [5, 5.41) is 9.02. The number of imidazole rings is 1. The lowest BCUT2D eigenvalue weighted by Gasteiger charge is -2.17. The summed E-state index contributed by atoms with van der Waals surface area (Å²) in [6.45, 7) is 5.94. The normalized spacial score (nSPS) is 13.1. The predicted molar refractivity (Wildman–Crippen MR) is 56.8 cm³/mol. The fraction of sp³-hybridized carbons (Fsp3) is 0.600. The van der Waals surface area contributed by atoms with Crippen molar-refractivity contribution in [1.29, 1.82) is 0 Å². The monoisotopic (exact) mass is 211 g/mol. The highest BCUT2D eigenvalue weighted by molar-refractivity contribution is 5.75. The Morgan fingerprint density at radius 2 is 2.27 bits per heavy atom. The van der Waals surface area contributed by atoms with Crippen LogP contribution in [-0.2, 0) is 4.79 Å². The second kappa shape index (κ2) is 4.44. The smallest absolute Gasteiger partial charge is 0.313 e. The Balaban J connectivity index is 3.18.